The van der Waals surface area contributed by atoms with Crippen molar-refractivity contribution in [1.82, 2.24) is 15.0 Å². The average Bonchev–Trinajstić information content (AvgIpc) is 0.748. The van der Waals surface area contributed by atoms with Crippen LogP contribution in [0.5, 0.6) is 0 Å². The maximum Gasteiger partial charge on any atom is 0.328 e. The molecule has 14 aromatic carbocycles. The lowest BCUT2D eigenvalue weighted by Gasteiger charge is -2.39. The van der Waals surface area contributed by atoms with E-state index in [1.807, 2.05) is 0 Å². The minimum atomic E-state index is -3.12. The number of benzene rings is 14. The molecule has 0 atom stereocenters. The van der Waals surface area contributed by atoms with Crippen molar-refractivity contribution in [3.8, 4) is 67.5 Å². The fourth-order valence-corrected chi connectivity index (χ4v) is 24.3. The topological polar surface area (TPSA) is 41.9 Å². The highest BCUT2D eigenvalue weighted by atomic mass is 28.3. The molecule has 1 aliphatic heterocycles. The predicted octanol–water partition coefficient (Wildman–Crippen LogP) is 13.9. The summed E-state index contributed by atoms with van der Waals surface area (Å²) in [5.41, 5.74) is 14.4. The predicted molar refractivity (Wildman–Crippen MR) is 400 cm³/mol. The summed E-state index contributed by atoms with van der Waals surface area (Å²) in [7, 11) is -6.24. The third kappa shape index (κ3) is 10.4. The number of nitrogens with zero attached hydrogens (tertiary/aromatic N) is 4. The highest BCUT2D eigenvalue weighted by Crippen LogP contribution is 2.41. The van der Waals surface area contributed by atoms with Crippen molar-refractivity contribution in [3.63, 3.8) is 0 Å². The first-order chi connectivity index (χ1) is 46.6. The maximum atomic E-state index is 5.71. The van der Waals surface area contributed by atoms with Gasteiger partial charge in [-0.05, 0) is 93.0 Å². The number of hydrogen-bond acceptors (Lipinski definition) is 4. The van der Waals surface area contributed by atoms with Gasteiger partial charge in [0.2, 0.25) is 0 Å². The molecule has 0 saturated carbocycles. The zero-order valence-electron chi connectivity index (χ0n) is 51.7. The third-order valence-corrected chi connectivity index (χ3v) is 28.3. The number of anilines is 2. The molecule has 0 fully saturated rings. The minimum Gasteiger partial charge on any atom is -0.376 e. The van der Waals surface area contributed by atoms with Gasteiger partial charge < -0.3 is 4.81 Å². The molecule has 4 nitrogen and oxygen atoms in total. The lowest BCUT2D eigenvalue weighted by Crippen LogP contribution is -2.74. The molecule has 7 heteroatoms. The molecule has 1 aliphatic rings. The Morgan fingerprint density at radius 3 is 0.947 bits per heavy atom. The van der Waals surface area contributed by atoms with Crippen LogP contribution in [-0.2, 0) is 0 Å². The monoisotopic (exact) mass is 1230 g/mol. The summed E-state index contributed by atoms with van der Waals surface area (Å²) in [4.78, 5) is 19.6. The summed E-state index contributed by atoms with van der Waals surface area (Å²) >= 11 is 0. The molecule has 16 rings (SSSR count). The van der Waals surface area contributed by atoms with Gasteiger partial charge in [0, 0.05) is 33.6 Å². The van der Waals surface area contributed by atoms with Crippen molar-refractivity contribution >= 4 is 86.8 Å². The number of para-hydroxylation sites is 1. The Morgan fingerprint density at radius 2 is 0.521 bits per heavy atom. The summed E-state index contributed by atoms with van der Waals surface area (Å²) in [6.45, 7) is -0.114. The standard InChI is InChI=1S/C87H63BN4Si2/c1-8-31-64(32-9-1)66-35-27-51-77(60-66)93(73-43-14-4-15-44-73,74-45-16-5-17-46-74)79-53-29-38-69(62-79)86-89-85(68-37-26-42-72(59-68)92-84-58-25-23-56-82(84)81-55-22-24-57-83(81)88(92)71-40-12-3-13-41-71)90-87(91-86)70-39-30-54-80(63-70)94(75-47-18-6-19-48-75,76-49-20-7-21-50-76)78-52-28-36-67(61-78)65-33-10-2-11-34-65/h1-63H. The first-order valence-corrected chi connectivity index (χ1v) is 36.3. The molecule has 0 radical (unpaired) electrons. The molecule has 0 unspecified atom stereocenters. The SMILES string of the molecule is c1ccc(B2c3ccccc3-c3ccccc3N2c2cccc(-c3nc(-c4cccc([Si](c5ccccc5)(c5ccccc5)c5cccc(-c6ccccc6)c5)c4)nc(-c4cccc([Si](c5ccccc5)(c5ccccc5)c5cccc(-c6ccccc6)c5)c4)n3)c2)cc1. The summed E-state index contributed by atoms with van der Waals surface area (Å²) in [5.74, 6) is 1.75. The second kappa shape index (κ2) is 25.2. The van der Waals surface area contributed by atoms with E-state index >= 15 is 0 Å². The zero-order chi connectivity index (χ0) is 62.7. The van der Waals surface area contributed by atoms with E-state index in [1.54, 1.807) is 0 Å². The van der Waals surface area contributed by atoms with Crippen LogP contribution in [0.15, 0.2) is 382 Å². The minimum absolute atomic E-state index is 0.114. The van der Waals surface area contributed by atoms with Gasteiger partial charge in [-0.2, -0.15) is 0 Å². The van der Waals surface area contributed by atoms with E-state index in [0.717, 1.165) is 28.1 Å². The van der Waals surface area contributed by atoms with E-state index in [9.17, 15) is 0 Å². The third-order valence-electron chi connectivity index (χ3n) is 18.8. The Morgan fingerprint density at radius 1 is 0.223 bits per heavy atom. The summed E-state index contributed by atoms with van der Waals surface area (Å²) < 4.78 is 0. The van der Waals surface area contributed by atoms with Crippen molar-refractivity contribution in [3.05, 3.63) is 382 Å². The quantitative estimate of drug-likeness (QED) is 0.0758. The van der Waals surface area contributed by atoms with Gasteiger partial charge in [0.25, 0.3) is 0 Å². The summed E-state index contributed by atoms with van der Waals surface area (Å²) in [6, 6.07) is 140. The van der Waals surface area contributed by atoms with Gasteiger partial charge in [0.05, 0.1) is 0 Å². The van der Waals surface area contributed by atoms with Crippen molar-refractivity contribution in [2.45, 2.75) is 0 Å². The highest BCUT2D eigenvalue weighted by molar-refractivity contribution is 7.20. The largest absolute Gasteiger partial charge is 0.376 e. The fraction of sp³-hybridized carbons (Fsp3) is 0. The molecule has 2 heterocycles. The molecule has 442 valence electrons. The number of rotatable bonds is 15. The number of hydrogen-bond donors (Lipinski definition) is 0. The van der Waals surface area contributed by atoms with Crippen molar-refractivity contribution < 1.29 is 0 Å². The maximum absolute atomic E-state index is 5.71. The van der Waals surface area contributed by atoms with E-state index in [4.69, 9.17) is 15.0 Å². The first kappa shape index (κ1) is 57.5. The Balaban J connectivity index is 0.928. The summed E-state index contributed by atoms with van der Waals surface area (Å²) in [5, 5.41) is 10.1. The molecule has 0 saturated heterocycles. The van der Waals surface area contributed by atoms with Crippen LogP contribution < -0.4 is 57.2 Å². The Bertz CT molecular complexity index is 4850. The molecule has 0 aliphatic carbocycles. The molecule has 15 aromatic rings. The van der Waals surface area contributed by atoms with E-state index in [-0.39, 0.29) is 6.85 Å². The van der Waals surface area contributed by atoms with E-state index < -0.39 is 16.1 Å². The smallest absolute Gasteiger partial charge is 0.328 e. The fourth-order valence-electron chi connectivity index (χ4n) is 14.6. The van der Waals surface area contributed by atoms with Crippen LogP contribution in [0.25, 0.3) is 67.5 Å². The van der Waals surface area contributed by atoms with Crippen molar-refractivity contribution in [2.24, 2.45) is 0 Å². The molecular weight excluding hydrogens is 1170 g/mol. The zero-order valence-corrected chi connectivity index (χ0v) is 53.7. The van der Waals surface area contributed by atoms with Crippen LogP contribution in [0.2, 0.25) is 0 Å². The van der Waals surface area contributed by atoms with Gasteiger partial charge in [-0.25, -0.2) is 15.0 Å². The molecule has 0 N–H and O–H groups in total. The summed E-state index contributed by atoms with van der Waals surface area (Å²) in [6.07, 6.45) is 0. The van der Waals surface area contributed by atoms with Gasteiger partial charge in [0.1, 0.15) is 0 Å². The normalized spacial score (nSPS) is 12.0. The van der Waals surface area contributed by atoms with Crippen LogP contribution >= 0.6 is 0 Å². The Hall–Kier alpha value is -11.6. The van der Waals surface area contributed by atoms with Crippen LogP contribution in [0.4, 0.5) is 11.4 Å². The molecule has 1 aromatic heterocycles. The number of fused-ring (bicyclic) bond motifs is 3. The van der Waals surface area contributed by atoms with E-state index in [1.165, 1.54) is 85.8 Å². The molecule has 0 spiro atoms. The van der Waals surface area contributed by atoms with Crippen LogP contribution in [0.3, 0.4) is 0 Å². The van der Waals surface area contributed by atoms with Gasteiger partial charge in [-0.3, -0.25) is 0 Å². The molecule has 0 bridgehead atoms. The second-order valence-corrected chi connectivity index (χ2v) is 31.8. The number of aromatic nitrogens is 3. The van der Waals surface area contributed by atoms with Gasteiger partial charge in [-0.15, -0.1) is 0 Å². The van der Waals surface area contributed by atoms with Gasteiger partial charge >= 0.3 is 6.85 Å². The molecular formula is C87H63BN4Si2. The molecule has 94 heavy (non-hydrogen) atoms. The lowest BCUT2D eigenvalue weighted by molar-refractivity contribution is 1.07. The first-order valence-electron chi connectivity index (χ1n) is 32.3. The Labute approximate surface area is 552 Å². The highest BCUT2D eigenvalue weighted by Gasteiger charge is 2.44. The van der Waals surface area contributed by atoms with Crippen molar-refractivity contribution in [1.29, 1.82) is 0 Å². The average molecular weight is 1230 g/mol. The Kier molecular flexibility index (Phi) is 15.4. The van der Waals surface area contributed by atoms with E-state index in [0.29, 0.717) is 17.5 Å². The van der Waals surface area contributed by atoms with Crippen LogP contribution in [0.1, 0.15) is 0 Å². The second-order valence-electron chi connectivity index (χ2n) is 24.2. The van der Waals surface area contributed by atoms with Crippen LogP contribution in [-0.4, -0.2) is 37.9 Å². The van der Waals surface area contributed by atoms with Crippen LogP contribution in [0, 0.1) is 0 Å². The van der Waals surface area contributed by atoms with Gasteiger partial charge in [-0.1, -0.05) is 369 Å². The lowest BCUT2D eigenvalue weighted by atomic mass is 9.46. The van der Waals surface area contributed by atoms with E-state index in [2.05, 4.69) is 387 Å². The van der Waals surface area contributed by atoms with Crippen molar-refractivity contribution in [2.75, 3.05) is 4.81 Å². The van der Waals surface area contributed by atoms with Gasteiger partial charge in [0.15, 0.2) is 33.6 Å². The molecule has 0 amide bonds.